The topological polar surface area (TPSA) is 87.2 Å². The van der Waals surface area contributed by atoms with Gasteiger partial charge in [-0.1, -0.05) is 19.1 Å². The van der Waals surface area contributed by atoms with Gasteiger partial charge in [-0.3, -0.25) is 15.2 Å². The number of carbonyl (C=O) groups is 1. The number of rotatable bonds is 9. The van der Waals surface area contributed by atoms with Crippen molar-refractivity contribution in [2.75, 3.05) is 57.8 Å². The molecular weight excluding hydrogens is 406 g/mol. The SMILES string of the molecule is CCNC(=NCC(C)CN1CCOCC1)NCCc1ccc(NC(=O)OC(C)(C)C)cc1. The molecule has 1 heterocycles. The highest BCUT2D eigenvalue weighted by atomic mass is 16.6. The largest absolute Gasteiger partial charge is 0.444 e. The maximum atomic E-state index is 11.9. The number of anilines is 1. The fourth-order valence-corrected chi connectivity index (χ4v) is 3.37. The van der Waals surface area contributed by atoms with Crippen LogP contribution in [-0.2, 0) is 15.9 Å². The molecule has 1 unspecified atom stereocenters. The lowest BCUT2D eigenvalue weighted by Gasteiger charge is -2.28. The monoisotopic (exact) mass is 447 g/mol. The number of hydrogen-bond acceptors (Lipinski definition) is 5. The van der Waals surface area contributed by atoms with Gasteiger partial charge in [0.05, 0.1) is 13.2 Å². The Morgan fingerprint density at radius 2 is 1.88 bits per heavy atom. The molecule has 1 aliphatic heterocycles. The van der Waals surface area contributed by atoms with Crippen molar-refractivity contribution in [3.8, 4) is 0 Å². The number of amides is 1. The highest BCUT2D eigenvalue weighted by Gasteiger charge is 2.16. The van der Waals surface area contributed by atoms with Crippen molar-refractivity contribution in [1.29, 1.82) is 0 Å². The lowest BCUT2D eigenvalue weighted by molar-refractivity contribution is 0.0323. The number of benzene rings is 1. The molecule has 0 aromatic heterocycles. The van der Waals surface area contributed by atoms with Crippen molar-refractivity contribution in [3.63, 3.8) is 0 Å². The van der Waals surface area contributed by atoms with Crippen LogP contribution in [0.2, 0.25) is 0 Å². The molecule has 1 aromatic rings. The third kappa shape index (κ3) is 10.8. The molecule has 0 spiro atoms. The summed E-state index contributed by atoms with van der Waals surface area (Å²) in [6.45, 7) is 17.0. The van der Waals surface area contributed by atoms with Gasteiger partial charge in [-0.25, -0.2) is 4.79 Å². The Bertz CT molecular complexity index is 709. The summed E-state index contributed by atoms with van der Waals surface area (Å²) >= 11 is 0. The van der Waals surface area contributed by atoms with Crippen molar-refractivity contribution in [2.45, 2.75) is 46.6 Å². The standard InChI is InChI=1S/C24H41N5O3/c1-6-25-22(27-17-19(2)18-29-13-15-31-16-14-29)26-12-11-20-7-9-21(10-8-20)28-23(30)32-24(3,4)5/h7-10,19H,6,11-18H2,1-5H3,(H,28,30)(H2,25,26,27). The zero-order chi connectivity index (χ0) is 23.4. The number of nitrogens with one attached hydrogen (secondary N) is 3. The lowest BCUT2D eigenvalue weighted by atomic mass is 10.1. The molecule has 0 radical (unpaired) electrons. The van der Waals surface area contributed by atoms with Gasteiger partial charge in [0.1, 0.15) is 5.60 Å². The molecule has 1 amide bonds. The normalized spacial score (nSPS) is 16.3. The minimum absolute atomic E-state index is 0.443. The Balaban J connectivity index is 1.75. The number of ether oxygens (including phenoxy) is 2. The van der Waals surface area contributed by atoms with Crippen LogP contribution >= 0.6 is 0 Å². The van der Waals surface area contributed by atoms with E-state index in [9.17, 15) is 4.79 Å². The summed E-state index contributed by atoms with van der Waals surface area (Å²) < 4.78 is 10.7. The van der Waals surface area contributed by atoms with Crippen LogP contribution in [0, 0.1) is 5.92 Å². The highest BCUT2D eigenvalue weighted by molar-refractivity contribution is 5.84. The number of morpholine rings is 1. The summed E-state index contributed by atoms with van der Waals surface area (Å²) in [7, 11) is 0. The maximum Gasteiger partial charge on any atom is 0.412 e. The van der Waals surface area contributed by atoms with Gasteiger partial charge in [0.25, 0.3) is 0 Å². The van der Waals surface area contributed by atoms with E-state index in [0.29, 0.717) is 5.92 Å². The highest BCUT2D eigenvalue weighted by Crippen LogP contribution is 2.13. The predicted octanol–water partition coefficient (Wildman–Crippen LogP) is 3.10. The fourth-order valence-electron chi connectivity index (χ4n) is 3.37. The third-order valence-corrected chi connectivity index (χ3v) is 4.88. The van der Waals surface area contributed by atoms with Crippen molar-refractivity contribution in [3.05, 3.63) is 29.8 Å². The number of aliphatic imine (C=N–C) groups is 1. The average Bonchev–Trinajstić information content (AvgIpc) is 2.72. The van der Waals surface area contributed by atoms with E-state index in [1.807, 2.05) is 45.0 Å². The van der Waals surface area contributed by atoms with E-state index in [1.165, 1.54) is 5.56 Å². The van der Waals surface area contributed by atoms with Crippen LogP contribution in [-0.4, -0.2) is 75.0 Å². The Morgan fingerprint density at radius 1 is 1.19 bits per heavy atom. The molecule has 0 saturated carbocycles. The first-order valence-corrected chi connectivity index (χ1v) is 11.7. The molecule has 180 valence electrons. The maximum absolute atomic E-state index is 11.9. The van der Waals surface area contributed by atoms with Gasteiger partial charge in [-0.05, 0) is 57.7 Å². The molecule has 1 atom stereocenters. The van der Waals surface area contributed by atoms with Crippen LogP contribution in [0.1, 0.15) is 40.2 Å². The predicted molar refractivity (Wildman–Crippen MR) is 130 cm³/mol. The minimum atomic E-state index is -0.512. The molecule has 8 heteroatoms. The van der Waals surface area contributed by atoms with Gasteiger partial charge in [-0.15, -0.1) is 0 Å². The van der Waals surface area contributed by atoms with Crippen molar-refractivity contribution < 1.29 is 14.3 Å². The lowest BCUT2D eigenvalue weighted by Crippen LogP contribution is -2.40. The van der Waals surface area contributed by atoms with Crippen LogP contribution in [0.15, 0.2) is 29.3 Å². The van der Waals surface area contributed by atoms with E-state index in [4.69, 9.17) is 14.5 Å². The first-order chi connectivity index (χ1) is 15.2. The second kappa shape index (κ2) is 13.3. The summed E-state index contributed by atoms with van der Waals surface area (Å²) in [6.07, 6.45) is 0.418. The molecule has 3 N–H and O–H groups in total. The number of hydrogen-bond donors (Lipinski definition) is 3. The first-order valence-electron chi connectivity index (χ1n) is 11.7. The Labute approximate surface area is 193 Å². The smallest absolute Gasteiger partial charge is 0.412 e. The van der Waals surface area contributed by atoms with Gasteiger partial charge in [-0.2, -0.15) is 0 Å². The van der Waals surface area contributed by atoms with Crippen LogP contribution in [0.4, 0.5) is 10.5 Å². The Hall–Kier alpha value is -2.32. The van der Waals surface area contributed by atoms with E-state index in [2.05, 4.69) is 34.7 Å². The van der Waals surface area contributed by atoms with Gasteiger partial charge in [0.15, 0.2) is 5.96 Å². The molecule has 1 aliphatic rings. The summed E-state index contributed by atoms with van der Waals surface area (Å²) in [4.78, 5) is 19.1. The van der Waals surface area contributed by atoms with E-state index >= 15 is 0 Å². The molecule has 8 nitrogen and oxygen atoms in total. The van der Waals surface area contributed by atoms with Crippen LogP contribution in [0.25, 0.3) is 0 Å². The molecule has 1 saturated heterocycles. The molecule has 2 rings (SSSR count). The van der Waals surface area contributed by atoms with Crippen molar-refractivity contribution in [2.24, 2.45) is 10.9 Å². The van der Waals surface area contributed by atoms with Gasteiger partial charge >= 0.3 is 6.09 Å². The molecule has 32 heavy (non-hydrogen) atoms. The number of carbonyl (C=O) groups excluding carboxylic acids is 1. The quantitative estimate of drug-likeness (QED) is 0.398. The minimum Gasteiger partial charge on any atom is -0.444 e. The molecule has 1 fully saturated rings. The van der Waals surface area contributed by atoms with Gasteiger partial charge in [0, 0.05) is 45.0 Å². The average molecular weight is 448 g/mol. The number of guanidine groups is 1. The third-order valence-electron chi connectivity index (χ3n) is 4.88. The summed E-state index contributed by atoms with van der Waals surface area (Å²) in [5, 5.41) is 9.49. The molecule has 1 aromatic carbocycles. The second-order valence-corrected chi connectivity index (χ2v) is 9.24. The summed E-state index contributed by atoms with van der Waals surface area (Å²) in [6, 6.07) is 7.82. The van der Waals surface area contributed by atoms with E-state index < -0.39 is 11.7 Å². The van der Waals surface area contributed by atoms with Crippen LogP contribution < -0.4 is 16.0 Å². The zero-order valence-corrected chi connectivity index (χ0v) is 20.4. The zero-order valence-electron chi connectivity index (χ0n) is 20.4. The summed E-state index contributed by atoms with van der Waals surface area (Å²) in [5.74, 6) is 1.35. The first kappa shape index (κ1) is 25.9. The Morgan fingerprint density at radius 3 is 2.50 bits per heavy atom. The van der Waals surface area contributed by atoms with E-state index in [0.717, 1.165) is 70.6 Å². The molecular formula is C24H41N5O3. The van der Waals surface area contributed by atoms with Gasteiger partial charge in [0.2, 0.25) is 0 Å². The second-order valence-electron chi connectivity index (χ2n) is 9.24. The van der Waals surface area contributed by atoms with E-state index in [-0.39, 0.29) is 0 Å². The molecule has 0 bridgehead atoms. The van der Waals surface area contributed by atoms with Crippen molar-refractivity contribution in [1.82, 2.24) is 15.5 Å². The van der Waals surface area contributed by atoms with E-state index in [1.54, 1.807) is 0 Å². The fraction of sp³-hybridized carbons (Fsp3) is 0.667. The van der Waals surface area contributed by atoms with Crippen LogP contribution in [0.5, 0.6) is 0 Å². The van der Waals surface area contributed by atoms with Crippen LogP contribution in [0.3, 0.4) is 0 Å². The van der Waals surface area contributed by atoms with Gasteiger partial charge < -0.3 is 20.1 Å². The Kier molecular flexibility index (Phi) is 10.8. The number of nitrogens with zero attached hydrogens (tertiary/aromatic N) is 2. The molecule has 0 aliphatic carbocycles. The summed E-state index contributed by atoms with van der Waals surface area (Å²) in [5.41, 5.74) is 1.39. The van der Waals surface area contributed by atoms with Crippen molar-refractivity contribution >= 4 is 17.7 Å².